The van der Waals surface area contributed by atoms with Crippen LogP contribution in [0.1, 0.15) is 5.56 Å². The van der Waals surface area contributed by atoms with E-state index in [4.69, 9.17) is 0 Å². The number of benzene rings is 3. The molecule has 3 aromatic carbocycles. The molecule has 5 heteroatoms. The number of halogens is 1. The molecule has 0 atom stereocenters. The quantitative estimate of drug-likeness (QED) is 0.569. The first kappa shape index (κ1) is 16.1. The number of carbonyl (C=O) groups excluding carboxylic acids is 1. The van der Waals surface area contributed by atoms with E-state index in [1.54, 1.807) is 0 Å². The van der Waals surface area contributed by atoms with Crippen molar-refractivity contribution in [2.24, 2.45) is 4.99 Å². The van der Waals surface area contributed by atoms with Gasteiger partial charge in [-0.05, 0) is 64.5 Å². The van der Waals surface area contributed by atoms with Crippen LogP contribution in [-0.4, -0.2) is 11.1 Å². The van der Waals surface area contributed by atoms with E-state index in [1.165, 1.54) is 11.8 Å². The second kappa shape index (κ2) is 6.86. The first-order valence-corrected chi connectivity index (χ1v) is 9.32. The van der Waals surface area contributed by atoms with E-state index in [9.17, 15) is 4.79 Å². The normalized spacial score (nSPS) is 17.4. The highest BCUT2D eigenvalue weighted by molar-refractivity contribution is 9.10. The lowest BCUT2D eigenvalue weighted by Crippen LogP contribution is -2.19. The fourth-order valence-electron chi connectivity index (χ4n) is 2.58. The lowest BCUT2D eigenvalue weighted by molar-refractivity contribution is -0.115. The third-order valence-corrected chi connectivity index (χ3v) is 5.16. The molecule has 1 amide bonds. The summed E-state index contributed by atoms with van der Waals surface area (Å²) in [5, 5.41) is 5.72. The number of nitrogens with one attached hydrogen (secondary N) is 1. The molecule has 0 aromatic heterocycles. The molecule has 1 fully saturated rings. The first-order chi connectivity index (χ1) is 12.2. The summed E-state index contributed by atoms with van der Waals surface area (Å²) in [6.45, 7) is 0. The van der Waals surface area contributed by atoms with Crippen LogP contribution in [0.3, 0.4) is 0 Å². The standard InChI is InChI=1S/C20H13BrN2OS/c21-16-9-8-14-10-13(6-7-15(14)12-16)11-18-19(24)23-20(25-18)22-17-4-2-1-3-5-17/h1-12H,(H,22,23,24)/b18-11-. The molecule has 1 aliphatic rings. The van der Waals surface area contributed by atoms with Crippen molar-refractivity contribution in [1.82, 2.24) is 5.32 Å². The minimum atomic E-state index is -0.115. The molecule has 4 rings (SSSR count). The number of carbonyl (C=O) groups is 1. The van der Waals surface area contributed by atoms with Crippen LogP contribution in [0.2, 0.25) is 0 Å². The molecule has 1 N–H and O–H groups in total. The van der Waals surface area contributed by atoms with Gasteiger partial charge in [-0.1, -0.05) is 52.3 Å². The Bertz CT molecular complexity index is 1030. The van der Waals surface area contributed by atoms with Crippen LogP contribution in [0, 0.1) is 0 Å². The number of para-hydroxylation sites is 1. The van der Waals surface area contributed by atoms with E-state index >= 15 is 0 Å². The zero-order chi connectivity index (χ0) is 17.2. The summed E-state index contributed by atoms with van der Waals surface area (Å²) in [4.78, 5) is 17.3. The Morgan fingerprint density at radius 3 is 2.56 bits per heavy atom. The molecule has 25 heavy (non-hydrogen) atoms. The van der Waals surface area contributed by atoms with Crippen molar-refractivity contribution < 1.29 is 4.79 Å². The smallest absolute Gasteiger partial charge is 0.264 e. The molecule has 0 aliphatic carbocycles. The Morgan fingerprint density at radius 2 is 1.72 bits per heavy atom. The van der Waals surface area contributed by atoms with Crippen molar-refractivity contribution in [1.29, 1.82) is 0 Å². The van der Waals surface area contributed by atoms with Crippen molar-refractivity contribution >= 4 is 61.3 Å². The first-order valence-electron chi connectivity index (χ1n) is 7.71. The molecule has 1 heterocycles. The summed E-state index contributed by atoms with van der Waals surface area (Å²) in [7, 11) is 0. The van der Waals surface area contributed by atoms with Gasteiger partial charge in [0.25, 0.3) is 5.91 Å². The van der Waals surface area contributed by atoms with E-state index in [1.807, 2.05) is 48.5 Å². The maximum atomic E-state index is 12.2. The van der Waals surface area contributed by atoms with Crippen LogP contribution in [-0.2, 0) is 4.79 Å². The Morgan fingerprint density at radius 1 is 0.960 bits per heavy atom. The van der Waals surface area contributed by atoms with E-state index in [2.05, 4.69) is 50.5 Å². The Labute approximate surface area is 158 Å². The average Bonchev–Trinajstić information content (AvgIpc) is 2.95. The van der Waals surface area contributed by atoms with Gasteiger partial charge in [-0.25, -0.2) is 4.99 Å². The zero-order valence-corrected chi connectivity index (χ0v) is 15.5. The lowest BCUT2D eigenvalue weighted by Gasteiger charge is -2.01. The second-order valence-corrected chi connectivity index (χ2v) is 7.51. The zero-order valence-electron chi connectivity index (χ0n) is 13.1. The van der Waals surface area contributed by atoms with Crippen molar-refractivity contribution in [2.45, 2.75) is 0 Å². The van der Waals surface area contributed by atoms with E-state index in [-0.39, 0.29) is 5.91 Å². The topological polar surface area (TPSA) is 41.5 Å². The third kappa shape index (κ3) is 3.67. The molecule has 122 valence electrons. The molecule has 0 unspecified atom stereocenters. The summed E-state index contributed by atoms with van der Waals surface area (Å²) >= 11 is 4.84. The maximum absolute atomic E-state index is 12.2. The Hall–Kier alpha value is -2.37. The number of amidine groups is 1. The maximum Gasteiger partial charge on any atom is 0.264 e. The SMILES string of the molecule is O=C1NC(=Nc2ccccc2)S/C1=C\c1ccc2cc(Br)ccc2c1. The summed E-state index contributed by atoms with van der Waals surface area (Å²) in [5.41, 5.74) is 1.82. The molecule has 1 aliphatic heterocycles. The third-order valence-electron chi connectivity index (χ3n) is 3.76. The number of amides is 1. The van der Waals surface area contributed by atoms with Crippen LogP contribution in [0.15, 0.2) is 81.1 Å². The van der Waals surface area contributed by atoms with Gasteiger partial charge in [-0.2, -0.15) is 0 Å². The monoisotopic (exact) mass is 408 g/mol. The second-order valence-electron chi connectivity index (χ2n) is 5.57. The molecule has 0 saturated carbocycles. The molecule has 0 radical (unpaired) electrons. The van der Waals surface area contributed by atoms with Gasteiger partial charge in [0.05, 0.1) is 10.6 Å². The van der Waals surface area contributed by atoms with E-state index < -0.39 is 0 Å². The molecular formula is C20H13BrN2OS. The van der Waals surface area contributed by atoms with Crippen molar-refractivity contribution in [2.75, 3.05) is 0 Å². The highest BCUT2D eigenvalue weighted by Gasteiger charge is 2.23. The average molecular weight is 409 g/mol. The number of hydrogen-bond donors (Lipinski definition) is 1. The molecule has 0 spiro atoms. The number of hydrogen-bond acceptors (Lipinski definition) is 3. The molecule has 3 aromatic rings. The summed E-state index contributed by atoms with van der Waals surface area (Å²) < 4.78 is 1.05. The fraction of sp³-hybridized carbons (Fsp3) is 0. The van der Waals surface area contributed by atoms with Crippen LogP contribution in [0.25, 0.3) is 16.8 Å². The predicted molar refractivity (Wildman–Crippen MR) is 109 cm³/mol. The van der Waals surface area contributed by atoms with Gasteiger partial charge in [0.2, 0.25) is 0 Å². The van der Waals surface area contributed by atoms with E-state index in [0.29, 0.717) is 10.1 Å². The molecule has 1 saturated heterocycles. The van der Waals surface area contributed by atoms with Gasteiger partial charge in [-0.3, -0.25) is 4.79 Å². The molecular weight excluding hydrogens is 396 g/mol. The number of rotatable bonds is 2. The summed E-state index contributed by atoms with van der Waals surface area (Å²) in [6, 6.07) is 21.9. The summed E-state index contributed by atoms with van der Waals surface area (Å²) in [5.74, 6) is -0.115. The van der Waals surface area contributed by atoms with Gasteiger partial charge in [0.1, 0.15) is 0 Å². The van der Waals surface area contributed by atoms with Crippen LogP contribution in [0.5, 0.6) is 0 Å². The van der Waals surface area contributed by atoms with Crippen molar-refractivity contribution in [3.63, 3.8) is 0 Å². The van der Waals surface area contributed by atoms with Crippen LogP contribution < -0.4 is 5.32 Å². The minimum Gasteiger partial charge on any atom is -0.300 e. The number of thioether (sulfide) groups is 1. The Kier molecular flexibility index (Phi) is 4.42. The van der Waals surface area contributed by atoms with E-state index in [0.717, 1.165) is 26.5 Å². The number of nitrogens with zero attached hydrogens (tertiary/aromatic N) is 1. The van der Waals surface area contributed by atoms with Crippen LogP contribution >= 0.6 is 27.7 Å². The van der Waals surface area contributed by atoms with Gasteiger partial charge in [-0.15, -0.1) is 0 Å². The number of aliphatic imine (C=N–C) groups is 1. The molecule has 0 bridgehead atoms. The molecule has 3 nitrogen and oxygen atoms in total. The van der Waals surface area contributed by atoms with Gasteiger partial charge < -0.3 is 5.32 Å². The number of fused-ring (bicyclic) bond motifs is 1. The highest BCUT2D eigenvalue weighted by atomic mass is 79.9. The van der Waals surface area contributed by atoms with Gasteiger partial charge in [0, 0.05) is 4.47 Å². The summed E-state index contributed by atoms with van der Waals surface area (Å²) in [6.07, 6.45) is 1.90. The predicted octanol–water partition coefficient (Wildman–Crippen LogP) is 5.49. The van der Waals surface area contributed by atoms with Gasteiger partial charge in [0.15, 0.2) is 5.17 Å². The van der Waals surface area contributed by atoms with Crippen molar-refractivity contribution in [3.8, 4) is 0 Å². The fourth-order valence-corrected chi connectivity index (χ4v) is 3.80. The van der Waals surface area contributed by atoms with Gasteiger partial charge >= 0.3 is 0 Å². The minimum absolute atomic E-state index is 0.115. The highest BCUT2D eigenvalue weighted by Crippen LogP contribution is 2.29. The Balaban J connectivity index is 1.62. The van der Waals surface area contributed by atoms with Crippen molar-refractivity contribution in [3.05, 3.63) is 81.7 Å². The largest absolute Gasteiger partial charge is 0.300 e. The lowest BCUT2D eigenvalue weighted by atomic mass is 10.1. The van der Waals surface area contributed by atoms with Crippen LogP contribution in [0.4, 0.5) is 5.69 Å².